The fourth-order valence-electron chi connectivity index (χ4n) is 3.00. The van der Waals surface area contributed by atoms with Crippen LogP contribution in [0.4, 0.5) is 0 Å². The zero-order chi connectivity index (χ0) is 24.9. The van der Waals surface area contributed by atoms with E-state index >= 15 is 0 Å². The number of nitrogens with one attached hydrogen (secondary N) is 2. The van der Waals surface area contributed by atoms with E-state index in [1.165, 1.54) is 0 Å². The Morgan fingerprint density at radius 3 is 1.83 bits per heavy atom. The van der Waals surface area contributed by atoms with Gasteiger partial charge in [-0.2, -0.15) is 0 Å². The molecule has 0 fully saturated rings. The molecule has 35 heavy (non-hydrogen) atoms. The van der Waals surface area contributed by atoms with E-state index < -0.39 is 42.3 Å². The van der Waals surface area contributed by atoms with Crippen LogP contribution in [0.2, 0.25) is 0 Å². The highest BCUT2D eigenvalue weighted by molar-refractivity contribution is 5.93. The van der Waals surface area contributed by atoms with Crippen molar-refractivity contribution in [3.8, 4) is 0 Å². The molecule has 190 valence electrons. The second-order valence-corrected chi connectivity index (χ2v) is 8.00. The largest absolute Gasteiger partial charge is 0.461 e. The number of ether oxygens (including phenoxy) is 2. The van der Waals surface area contributed by atoms with Crippen LogP contribution in [0.1, 0.15) is 31.4 Å². The minimum absolute atomic E-state index is 0. The lowest BCUT2D eigenvalue weighted by molar-refractivity contribution is -0.151. The Labute approximate surface area is 211 Å². The number of carbonyl (C=O) groups excluding carboxylic acids is 4. The zero-order valence-electron chi connectivity index (χ0n) is 19.8. The van der Waals surface area contributed by atoms with Crippen LogP contribution >= 0.6 is 12.4 Å². The van der Waals surface area contributed by atoms with Crippen LogP contribution in [0.5, 0.6) is 0 Å². The Hall–Kier alpha value is -3.43. The molecular weight excluding hydrogens is 474 g/mol. The highest BCUT2D eigenvalue weighted by atomic mass is 35.5. The summed E-state index contributed by atoms with van der Waals surface area (Å²) in [6.07, 6.45) is -0.422. The average Bonchev–Trinajstić information content (AvgIpc) is 2.85. The van der Waals surface area contributed by atoms with Crippen LogP contribution in [-0.4, -0.2) is 42.4 Å². The number of esters is 2. The summed E-state index contributed by atoms with van der Waals surface area (Å²) >= 11 is 0. The summed E-state index contributed by atoms with van der Waals surface area (Å²) in [5.74, 6) is -2.95. The van der Waals surface area contributed by atoms with Crippen molar-refractivity contribution in [1.29, 1.82) is 0 Å². The van der Waals surface area contributed by atoms with Crippen LogP contribution in [-0.2, 0) is 41.9 Å². The van der Waals surface area contributed by atoms with Crippen LogP contribution in [0.15, 0.2) is 60.7 Å². The molecule has 0 aliphatic heterocycles. The molecular formula is C25H32ClN3O6. The number of rotatable bonds is 12. The Balaban J connectivity index is 0.00000612. The highest BCUT2D eigenvalue weighted by Crippen LogP contribution is 2.09. The Bertz CT molecular complexity index is 956. The number of hydrogen-bond donors (Lipinski definition) is 3. The number of amides is 2. The molecule has 0 bridgehead atoms. The molecule has 0 saturated carbocycles. The summed E-state index contributed by atoms with van der Waals surface area (Å²) in [5, 5.41) is 4.99. The maximum Gasteiger partial charge on any atom is 0.329 e. The Morgan fingerprint density at radius 1 is 0.829 bits per heavy atom. The maximum atomic E-state index is 12.9. The van der Waals surface area contributed by atoms with Gasteiger partial charge in [0.25, 0.3) is 0 Å². The summed E-state index contributed by atoms with van der Waals surface area (Å²) in [7, 11) is 0. The lowest BCUT2D eigenvalue weighted by Gasteiger charge is -2.24. The molecule has 0 spiro atoms. The minimum atomic E-state index is -1.26. The van der Waals surface area contributed by atoms with E-state index in [1.54, 1.807) is 26.0 Å². The molecule has 0 aromatic heterocycles. The van der Waals surface area contributed by atoms with Crippen molar-refractivity contribution in [3.05, 3.63) is 71.8 Å². The lowest BCUT2D eigenvalue weighted by atomic mass is 10.0. The summed E-state index contributed by atoms with van der Waals surface area (Å²) in [6.45, 7) is 3.21. The molecule has 4 N–H and O–H groups in total. The first kappa shape index (κ1) is 29.6. The van der Waals surface area contributed by atoms with E-state index in [1.807, 2.05) is 48.5 Å². The van der Waals surface area contributed by atoms with Gasteiger partial charge in [0.05, 0.1) is 13.0 Å². The Morgan fingerprint density at radius 2 is 1.34 bits per heavy atom. The van der Waals surface area contributed by atoms with Crippen molar-refractivity contribution in [2.75, 3.05) is 6.54 Å². The third kappa shape index (κ3) is 10.6. The van der Waals surface area contributed by atoms with Gasteiger partial charge < -0.3 is 25.8 Å². The lowest BCUT2D eigenvalue weighted by Crippen LogP contribution is -2.54. The first-order chi connectivity index (χ1) is 16.3. The van der Waals surface area contributed by atoms with Gasteiger partial charge >= 0.3 is 11.9 Å². The second-order valence-electron chi connectivity index (χ2n) is 8.00. The number of hydrogen-bond acceptors (Lipinski definition) is 7. The van der Waals surface area contributed by atoms with E-state index in [2.05, 4.69) is 10.6 Å². The van der Waals surface area contributed by atoms with Gasteiger partial charge in [0.2, 0.25) is 11.8 Å². The maximum absolute atomic E-state index is 12.9. The van der Waals surface area contributed by atoms with Crippen molar-refractivity contribution in [2.45, 2.75) is 45.6 Å². The Kier molecular flexibility index (Phi) is 13.1. The van der Waals surface area contributed by atoms with Gasteiger partial charge in [-0.15, -0.1) is 12.4 Å². The first-order valence-electron chi connectivity index (χ1n) is 11.0. The minimum Gasteiger partial charge on any atom is -0.461 e. The highest BCUT2D eigenvalue weighted by Gasteiger charge is 2.31. The predicted molar refractivity (Wildman–Crippen MR) is 132 cm³/mol. The molecule has 0 aliphatic carbocycles. The van der Waals surface area contributed by atoms with Gasteiger partial charge in [-0.1, -0.05) is 74.5 Å². The first-order valence-corrected chi connectivity index (χ1v) is 11.0. The number of nitrogens with two attached hydrogens (primary N) is 1. The van der Waals surface area contributed by atoms with Gasteiger partial charge in [0, 0.05) is 0 Å². The van der Waals surface area contributed by atoms with Crippen LogP contribution in [0.25, 0.3) is 0 Å². The van der Waals surface area contributed by atoms with Crippen molar-refractivity contribution in [3.63, 3.8) is 0 Å². The fraction of sp³-hybridized carbons (Fsp3) is 0.360. The topological polar surface area (TPSA) is 137 Å². The molecule has 2 aromatic carbocycles. The molecule has 0 saturated heterocycles. The molecule has 10 heteroatoms. The fourth-order valence-corrected chi connectivity index (χ4v) is 3.00. The third-order valence-electron chi connectivity index (χ3n) is 4.89. The monoisotopic (exact) mass is 505 g/mol. The van der Waals surface area contributed by atoms with Crippen LogP contribution in [0.3, 0.4) is 0 Å². The van der Waals surface area contributed by atoms with Gasteiger partial charge in [0.15, 0.2) is 0 Å². The molecule has 0 heterocycles. The van der Waals surface area contributed by atoms with Gasteiger partial charge in [0.1, 0.15) is 25.3 Å². The smallest absolute Gasteiger partial charge is 0.329 e. The number of halogens is 1. The second kappa shape index (κ2) is 15.5. The molecule has 2 amide bonds. The SMILES string of the molecule is CC(C)[C@H](NC(=O)[C@@H](CC(=O)OCc1ccccc1)NC(=O)CN)C(=O)OCc1ccccc1.Cl. The summed E-state index contributed by atoms with van der Waals surface area (Å²) in [5.41, 5.74) is 6.93. The molecule has 0 radical (unpaired) electrons. The van der Waals surface area contributed by atoms with E-state index in [4.69, 9.17) is 15.2 Å². The molecule has 2 atom stereocenters. The van der Waals surface area contributed by atoms with Crippen molar-refractivity contribution in [2.24, 2.45) is 11.7 Å². The molecule has 0 aliphatic rings. The molecule has 2 aromatic rings. The summed E-state index contributed by atoms with van der Waals surface area (Å²) in [6, 6.07) is 15.9. The summed E-state index contributed by atoms with van der Waals surface area (Å²) in [4.78, 5) is 49.7. The van der Waals surface area contributed by atoms with E-state index in [0.29, 0.717) is 0 Å². The summed E-state index contributed by atoms with van der Waals surface area (Å²) < 4.78 is 10.6. The normalized spacial score (nSPS) is 12.0. The van der Waals surface area contributed by atoms with E-state index in [-0.39, 0.29) is 38.1 Å². The van der Waals surface area contributed by atoms with Gasteiger partial charge in [-0.3, -0.25) is 14.4 Å². The zero-order valence-corrected chi connectivity index (χ0v) is 20.6. The third-order valence-corrected chi connectivity index (χ3v) is 4.89. The van der Waals surface area contributed by atoms with E-state index in [9.17, 15) is 19.2 Å². The number of carbonyl (C=O) groups is 4. The number of benzene rings is 2. The standard InChI is InChI=1S/C25H31N3O6.ClH/c1-17(2)23(25(32)34-16-19-11-7-4-8-12-19)28-24(31)20(27-21(29)14-26)13-22(30)33-15-18-9-5-3-6-10-18;/h3-12,17,20,23H,13-16,26H2,1-2H3,(H,27,29)(H,28,31);1H/t20-,23+;/m1./s1. The van der Waals surface area contributed by atoms with Crippen molar-refractivity contribution in [1.82, 2.24) is 10.6 Å². The van der Waals surface area contributed by atoms with Crippen molar-refractivity contribution >= 4 is 36.2 Å². The van der Waals surface area contributed by atoms with Crippen molar-refractivity contribution < 1.29 is 28.7 Å². The molecule has 0 unspecified atom stereocenters. The van der Waals surface area contributed by atoms with Gasteiger partial charge in [-0.25, -0.2) is 4.79 Å². The van der Waals surface area contributed by atoms with Crippen LogP contribution in [0, 0.1) is 5.92 Å². The predicted octanol–water partition coefficient (Wildman–Crippen LogP) is 1.87. The van der Waals surface area contributed by atoms with Gasteiger partial charge in [-0.05, 0) is 17.0 Å². The average molecular weight is 506 g/mol. The van der Waals surface area contributed by atoms with E-state index in [0.717, 1.165) is 11.1 Å². The molecule has 9 nitrogen and oxygen atoms in total. The molecule has 2 rings (SSSR count). The quantitative estimate of drug-likeness (QED) is 0.374. The van der Waals surface area contributed by atoms with Crippen LogP contribution < -0.4 is 16.4 Å².